The van der Waals surface area contributed by atoms with Crippen LogP contribution in [0.3, 0.4) is 0 Å². The van der Waals surface area contributed by atoms with Crippen LogP contribution in [0.1, 0.15) is 52.2 Å². The highest BCUT2D eigenvalue weighted by Crippen LogP contribution is 2.30. The topological polar surface area (TPSA) is 76.1 Å². The molecule has 142 valence electrons. The summed E-state index contributed by atoms with van der Waals surface area (Å²) in [6.45, 7) is 0. The Bertz CT molecular complexity index is 824. The zero-order valence-electron chi connectivity index (χ0n) is 15.5. The molecular weight excluding hydrogens is 360 g/mol. The van der Waals surface area contributed by atoms with Crippen LogP contribution in [0.25, 0.3) is 0 Å². The number of nitrogens with zero attached hydrogens (tertiary/aromatic N) is 1. The first-order valence-corrected chi connectivity index (χ1v) is 10.2. The van der Waals surface area contributed by atoms with Crippen molar-refractivity contribution in [3.8, 4) is 0 Å². The highest BCUT2D eigenvalue weighted by Gasteiger charge is 2.26. The second-order valence-corrected chi connectivity index (χ2v) is 7.98. The Morgan fingerprint density at radius 2 is 1.93 bits per heavy atom. The van der Waals surface area contributed by atoms with Crippen molar-refractivity contribution in [2.75, 3.05) is 7.05 Å². The lowest BCUT2D eigenvalue weighted by Crippen LogP contribution is -2.21. The van der Waals surface area contributed by atoms with Gasteiger partial charge < -0.3 is 5.32 Å². The van der Waals surface area contributed by atoms with E-state index in [1.54, 1.807) is 13.2 Å². The molecule has 0 spiro atoms. The first-order chi connectivity index (χ1) is 13.1. The molecule has 5 nitrogen and oxygen atoms in total. The summed E-state index contributed by atoms with van der Waals surface area (Å²) in [6.07, 6.45) is 6.39. The van der Waals surface area contributed by atoms with Gasteiger partial charge in [-0.2, -0.15) is 0 Å². The number of nitrogens with one attached hydrogen (secondary N) is 1. The van der Waals surface area contributed by atoms with E-state index in [4.69, 9.17) is 0 Å². The van der Waals surface area contributed by atoms with Crippen LogP contribution in [0.5, 0.6) is 0 Å². The average molecular weight is 385 g/mol. The third-order valence-electron chi connectivity index (χ3n) is 5.03. The molecule has 0 unspecified atom stereocenters. The van der Waals surface area contributed by atoms with E-state index < -0.39 is 0 Å². The number of ketones is 2. The SMILES string of the molecule is CNC(=O)Cc1ccc(CC(=O)Cc2nccs2)c(C(=O)C2CCCC2)c1. The van der Waals surface area contributed by atoms with E-state index in [9.17, 15) is 14.4 Å². The highest BCUT2D eigenvalue weighted by atomic mass is 32.1. The van der Waals surface area contributed by atoms with Crippen LogP contribution in [0.4, 0.5) is 0 Å². The van der Waals surface area contributed by atoms with Crippen molar-refractivity contribution in [3.05, 3.63) is 51.5 Å². The number of rotatable bonds is 8. The summed E-state index contributed by atoms with van der Waals surface area (Å²) in [5, 5.41) is 5.25. The molecule has 0 radical (unpaired) electrons. The predicted octanol–water partition coefficient (Wildman–Crippen LogP) is 3.16. The number of Topliss-reactive ketones (excluding diaryl/α,β-unsaturated/α-hetero) is 2. The number of hydrogen-bond donors (Lipinski definition) is 1. The van der Waals surface area contributed by atoms with Gasteiger partial charge in [-0.05, 0) is 30.0 Å². The first-order valence-electron chi connectivity index (χ1n) is 9.33. The van der Waals surface area contributed by atoms with E-state index >= 15 is 0 Å². The fraction of sp³-hybridized carbons (Fsp3) is 0.429. The minimum atomic E-state index is -0.0955. The van der Waals surface area contributed by atoms with Crippen LogP contribution < -0.4 is 5.32 Å². The summed E-state index contributed by atoms with van der Waals surface area (Å²) in [6, 6.07) is 5.48. The molecule has 0 bridgehead atoms. The van der Waals surface area contributed by atoms with Crippen molar-refractivity contribution in [2.24, 2.45) is 5.92 Å². The molecule has 1 aliphatic rings. The van der Waals surface area contributed by atoms with Crippen molar-refractivity contribution in [3.63, 3.8) is 0 Å². The lowest BCUT2D eigenvalue weighted by Gasteiger charge is -2.14. The van der Waals surface area contributed by atoms with E-state index in [-0.39, 0.29) is 42.7 Å². The largest absolute Gasteiger partial charge is 0.359 e. The number of carbonyl (C=O) groups is 3. The molecule has 0 saturated heterocycles. The molecule has 1 aromatic heterocycles. The standard InChI is InChI=1S/C21H24N2O3S/c1-22-19(25)11-14-6-7-16(12-17(24)13-20-23-8-9-27-20)18(10-14)21(26)15-4-2-3-5-15/h6-10,15H,2-5,11-13H2,1H3,(H,22,25). The molecule has 0 aliphatic heterocycles. The van der Waals surface area contributed by atoms with Crippen molar-refractivity contribution in [1.82, 2.24) is 10.3 Å². The molecule has 6 heteroatoms. The van der Waals surface area contributed by atoms with E-state index in [0.717, 1.165) is 41.8 Å². The fourth-order valence-electron chi connectivity index (χ4n) is 3.58. The second kappa shape index (κ2) is 9.04. The summed E-state index contributed by atoms with van der Waals surface area (Å²) >= 11 is 1.46. The number of benzene rings is 1. The molecule has 1 fully saturated rings. The van der Waals surface area contributed by atoms with Gasteiger partial charge in [0.1, 0.15) is 5.78 Å². The van der Waals surface area contributed by atoms with Gasteiger partial charge in [-0.1, -0.05) is 25.0 Å². The molecule has 1 saturated carbocycles. The molecule has 3 rings (SSSR count). The van der Waals surface area contributed by atoms with Crippen LogP contribution >= 0.6 is 11.3 Å². The third kappa shape index (κ3) is 5.10. The quantitative estimate of drug-likeness (QED) is 0.710. The number of amides is 1. The van der Waals surface area contributed by atoms with Crippen molar-refractivity contribution >= 4 is 28.8 Å². The lowest BCUT2D eigenvalue weighted by molar-refractivity contribution is -0.120. The number of likely N-dealkylation sites (N-methyl/N-ethyl adjacent to an activating group) is 1. The summed E-state index contributed by atoms with van der Waals surface area (Å²) in [4.78, 5) is 41.4. The molecule has 1 amide bonds. The Morgan fingerprint density at radius 3 is 2.59 bits per heavy atom. The zero-order chi connectivity index (χ0) is 19.2. The van der Waals surface area contributed by atoms with Crippen molar-refractivity contribution < 1.29 is 14.4 Å². The average Bonchev–Trinajstić information content (AvgIpc) is 3.36. The first kappa shape index (κ1) is 19.4. The number of carbonyl (C=O) groups excluding carboxylic acids is 3. The molecule has 1 aliphatic carbocycles. The van der Waals surface area contributed by atoms with Gasteiger partial charge in [0.05, 0.1) is 17.8 Å². The zero-order valence-corrected chi connectivity index (χ0v) is 16.3. The van der Waals surface area contributed by atoms with Crippen LogP contribution in [0.15, 0.2) is 29.8 Å². The molecule has 1 N–H and O–H groups in total. The molecule has 1 heterocycles. The van der Waals surface area contributed by atoms with Gasteiger partial charge in [-0.25, -0.2) is 4.98 Å². The Morgan fingerprint density at radius 1 is 1.15 bits per heavy atom. The van der Waals surface area contributed by atoms with Gasteiger partial charge in [0, 0.05) is 36.5 Å². The minimum absolute atomic E-state index is 0.0352. The molecule has 1 aromatic carbocycles. The summed E-state index contributed by atoms with van der Waals surface area (Å²) < 4.78 is 0. The van der Waals surface area contributed by atoms with Gasteiger partial charge in [-0.15, -0.1) is 11.3 Å². The maximum absolute atomic E-state index is 13.1. The van der Waals surface area contributed by atoms with Crippen LogP contribution in [0.2, 0.25) is 0 Å². The van der Waals surface area contributed by atoms with Gasteiger partial charge in [0.25, 0.3) is 0 Å². The van der Waals surface area contributed by atoms with Crippen molar-refractivity contribution in [1.29, 1.82) is 0 Å². The molecule has 2 aromatic rings. The minimum Gasteiger partial charge on any atom is -0.359 e. The lowest BCUT2D eigenvalue weighted by atomic mass is 9.89. The molecule has 0 atom stereocenters. The normalized spacial score (nSPS) is 14.3. The van der Waals surface area contributed by atoms with Gasteiger partial charge >= 0.3 is 0 Å². The highest BCUT2D eigenvalue weighted by molar-refractivity contribution is 7.09. The number of aromatic nitrogens is 1. The smallest absolute Gasteiger partial charge is 0.224 e. The fourth-order valence-corrected chi connectivity index (χ4v) is 4.23. The Labute approximate surface area is 163 Å². The Kier molecular flexibility index (Phi) is 6.50. The van der Waals surface area contributed by atoms with Crippen LogP contribution in [-0.4, -0.2) is 29.5 Å². The van der Waals surface area contributed by atoms with Crippen molar-refractivity contribution in [2.45, 2.75) is 44.9 Å². The molecular formula is C21H24N2O3S. The summed E-state index contributed by atoms with van der Waals surface area (Å²) in [5.74, 6) is 0.0997. The second-order valence-electron chi connectivity index (χ2n) is 7.01. The number of thiazole rings is 1. The van der Waals surface area contributed by atoms with E-state index in [2.05, 4.69) is 10.3 Å². The van der Waals surface area contributed by atoms with Gasteiger partial charge in [-0.3, -0.25) is 14.4 Å². The predicted molar refractivity (Wildman–Crippen MR) is 105 cm³/mol. The molecule has 27 heavy (non-hydrogen) atoms. The van der Waals surface area contributed by atoms with E-state index in [1.165, 1.54) is 11.3 Å². The third-order valence-corrected chi connectivity index (χ3v) is 5.81. The van der Waals surface area contributed by atoms with E-state index in [1.807, 2.05) is 23.6 Å². The Balaban J connectivity index is 1.82. The summed E-state index contributed by atoms with van der Waals surface area (Å²) in [5.41, 5.74) is 2.16. The number of hydrogen-bond acceptors (Lipinski definition) is 5. The Hall–Kier alpha value is -2.34. The monoisotopic (exact) mass is 384 g/mol. The van der Waals surface area contributed by atoms with Crippen LogP contribution in [0, 0.1) is 5.92 Å². The summed E-state index contributed by atoms with van der Waals surface area (Å²) in [7, 11) is 1.60. The van der Waals surface area contributed by atoms with Crippen LogP contribution in [-0.2, 0) is 28.9 Å². The van der Waals surface area contributed by atoms with Gasteiger partial charge in [0.15, 0.2) is 5.78 Å². The van der Waals surface area contributed by atoms with E-state index in [0.29, 0.717) is 5.56 Å². The maximum atomic E-state index is 13.1. The van der Waals surface area contributed by atoms with Gasteiger partial charge in [0.2, 0.25) is 5.91 Å². The maximum Gasteiger partial charge on any atom is 0.224 e.